The average molecular weight is 278 g/mol. The van der Waals surface area contributed by atoms with Crippen molar-refractivity contribution in [3.8, 4) is 0 Å². The van der Waals surface area contributed by atoms with E-state index in [0.717, 1.165) is 12.3 Å². The lowest BCUT2D eigenvalue weighted by Crippen LogP contribution is -2.58. The van der Waals surface area contributed by atoms with Crippen LogP contribution in [-0.4, -0.2) is 24.0 Å². The molecule has 1 saturated heterocycles. The van der Waals surface area contributed by atoms with Crippen molar-refractivity contribution in [3.05, 3.63) is 0 Å². The van der Waals surface area contributed by atoms with Gasteiger partial charge in [0.2, 0.25) is 5.91 Å². The van der Waals surface area contributed by atoms with Crippen molar-refractivity contribution in [1.29, 1.82) is 0 Å². The van der Waals surface area contributed by atoms with Gasteiger partial charge in [-0.25, -0.2) is 0 Å². The molecule has 2 bridgehead atoms. The third-order valence-electron chi connectivity index (χ3n) is 6.49. The molecule has 5 unspecified atom stereocenters. The van der Waals surface area contributed by atoms with E-state index < -0.39 is 0 Å². The summed E-state index contributed by atoms with van der Waals surface area (Å²) in [6.45, 7) is 9.26. The summed E-state index contributed by atoms with van der Waals surface area (Å²) in [5.41, 5.74) is 0.576. The first kappa shape index (κ1) is 14.4. The standard InChI is InChI=1S/C17H30N2O/c1-11-6-5-7-13(18-11)14(20)19-15-16(2,3)12-8-9-17(15,4)10-12/h11-13,15,18H,5-10H2,1-4H3,(H,19,20). The van der Waals surface area contributed by atoms with Crippen molar-refractivity contribution < 1.29 is 4.79 Å². The molecule has 0 radical (unpaired) electrons. The summed E-state index contributed by atoms with van der Waals surface area (Å²) in [5.74, 6) is 1.03. The topological polar surface area (TPSA) is 41.1 Å². The highest BCUT2D eigenvalue weighted by atomic mass is 16.2. The van der Waals surface area contributed by atoms with Gasteiger partial charge in [0.15, 0.2) is 0 Å². The number of nitrogens with one attached hydrogen (secondary N) is 2. The van der Waals surface area contributed by atoms with E-state index in [2.05, 4.69) is 38.3 Å². The van der Waals surface area contributed by atoms with Gasteiger partial charge in [-0.3, -0.25) is 4.79 Å². The summed E-state index contributed by atoms with van der Waals surface area (Å²) in [7, 11) is 0. The normalized spacial score (nSPS) is 46.4. The van der Waals surface area contributed by atoms with Gasteiger partial charge in [0.25, 0.3) is 0 Å². The van der Waals surface area contributed by atoms with Crippen LogP contribution in [0.3, 0.4) is 0 Å². The van der Waals surface area contributed by atoms with Crippen LogP contribution in [0.5, 0.6) is 0 Å². The minimum absolute atomic E-state index is 0.0253. The van der Waals surface area contributed by atoms with Crippen LogP contribution >= 0.6 is 0 Å². The highest BCUT2D eigenvalue weighted by Gasteiger charge is 2.59. The predicted octanol–water partition coefficient (Wildman–Crippen LogP) is 2.85. The number of hydrogen-bond donors (Lipinski definition) is 2. The summed E-state index contributed by atoms with van der Waals surface area (Å²) in [4.78, 5) is 12.6. The van der Waals surface area contributed by atoms with E-state index in [-0.39, 0.29) is 17.4 Å². The number of carbonyl (C=O) groups excluding carboxylic acids is 1. The highest BCUT2D eigenvalue weighted by molar-refractivity contribution is 5.82. The zero-order valence-corrected chi connectivity index (χ0v) is 13.5. The van der Waals surface area contributed by atoms with Crippen LogP contribution in [-0.2, 0) is 4.79 Å². The third-order valence-corrected chi connectivity index (χ3v) is 6.49. The van der Waals surface area contributed by atoms with Gasteiger partial charge >= 0.3 is 0 Å². The van der Waals surface area contributed by atoms with E-state index >= 15 is 0 Å². The number of hydrogen-bond acceptors (Lipinski definition) is 2. The second-order valence-electron chi connectivity index (χ2n) is 8.41. The number of amides is 1. The second kappa shape index (κ2) is 4.72. The van der Waals surface area contributed by atoms with Crippen molar-refractivity contribution in [2.45, 2.75) is 84.3 Å². The first-order valence-electron chi connectivity index (χ1n) is 8.39. The maximum absolute atomic E-state index is 12.6. The summed E-state index contributed by atoms with van der Waals surface area (Å²) < 4.78 is 0. The van der Waals surface area contributed by atoms with Gasteiger partial charge in [0.05, 0.1) is 6.04 Å². The Morgan fingerprint density at radius 2 is 1.95 bits per heavy atom. The third kappa shape index (κ3) is 2.18. The molecule has 2 N–H and O–H groups in total. The monoisotopic (exact) mass is 278 g/mol. The molecule has 0 aromatic heterocycles. The van der Waals surface area contributed by atoms with Crippen molar-refractivity contribution in [2.24, 2.45) is 16.7 Å². The lowest BCUT2D eigenvalue weighted by molar-refractivity contribution is -0.126. The summed E-state index contributed by atoms with van der Waals surface area (Å²) >= 11 is 0. The molecular formula is C17H30N2O. The molecule has 2 aliphatic carbocycles. The van der Waals surface area contributed by atoms with Crippen LogP contribution in [0.2, 0.25) is 0 Å². The van der Waals surface area contributed by atoms with Gasteiger partial charge in [0.1, 0.15) is 0 Å². The minimum Gasteiger partial charge on any atom is -0.351 e. The fourth-order valence-electron chi connectivity index (χ4n) is 5.25. The molecule has 0 aromatic carbocycles. The lowest BCUT2D eigenvalue weighted by Gasteiger charge is -2.44. The molecule has 1 aliphatic heterocycles. The molecule has 3 fully saturated rings. The Morgan fingerprint density at radius 1 is 1.20 bits per heavy atom. The molecule has 0 spiro atoms. The maximum Gasteiger partial charge on any atom is 0.237 e. The predicted molar refractivity (Wildman–Crippen MR) is 81.4 cm³/mol. The molecule has 1 amide bonds. The van der Waals surface area contributed by atoms with Gasteiger partial charge in [-0.2, -0.15) is 0 Å². The van der Waals surface area contributed by atoms with E-state index in [9.17, 15) is 4.79 Å². The number of rotatable bonds is 2. The van der Waals surface area contributed by atoms with Gasteiger partial charge in [-0.1, -0.05) is 20.8 Å². The Kier molecular flexibility index (Phi) is 3.39. The van der Waals surface area contributed by atoms with Crippen LogP contribution in [0.1, 0.15) is 66.2 Å². The lowest BCUT2D eigenvalue weighted by atomic mass is 9.68. The molecule has 2 saturated carbocycles. The minimum atomic E-state index is 0.0253. The fraction of sp³-hybridized carbons (Fsp3) is 0.941. The smallest absolute Gasteiger partial charge is 0.237 e. The summed E-state index contributed by atoms with van der Waals surface area (Å²) in [5, 5.41) is 6.89. The quantitative estimate of drug-likeness (QED) is 0.815. The van der Waals surface area contributed by atoms with Crippen molar-refractivity contribution in [3.63, 3.8) is 0 Å². The molecular weight excluding hydrogens is 248 g/mol. The molecule has 20 heavy (non-hydrogen) atoms. The molecule has 5 atom stereocenters. The fourth-order valence-corrected chi connectivity index (χ4v) is 5.25. The van der Waals surface area contributed by atoms with Gasteiger partial charge in [-0.15, -0.1) is 0 Å². The van der Waals surface area contributed by atoms with E-state index in [0.29, 0.717) is 17.5 Å². The molecule has 1 heterocycles. The molecule has 3 heteroatoms. The Hall–Kier alpha value is -0.570. The molecule has 114 valence electrons. The van der Waals surface area contributed by atoms with E-state index in [1.165, 1.54) is 32.1 Å². The summed E-state index contributed by atoms with van der Waals surface area (Å²) in [6.07, 6.45) is 7.26. The SMILES string of the molecule is CC1CCCC(C(=O)NC2C3(C)CCC(C3)C2(C)C)N1. The van der Waals surface area contributed by atoms with Crippen LogP contribution in [0.25, 0.3) is 0 Å². The van der Waals surface area contributed by atoms with Crippen LogP contribution < -0.4 is 10.6 Å². The van der Waals surface area contributed by atoms with Gasteiger partial charge in [0, 0.05) is 12.1 Å². The molecule has 3 nitrogen and oxygen atoms in total. The van der Waals surface area contributed by atoms with Crippen molar-refractivity contribution in [1.82, 2.24) is 10.6 Å². The Balaban J connectivity index is 1.69. The Morgan fingerprint density at radius 3 is 2.55 bits per heavy atom. The van der Waals surface area contributed by atoms with Crippen LogP contribution in [0.4, 0.5) is 0 Å². The highest BCUT2D eigenvalue weighted by Crippen LogP contribution is 2.62. The number of carbonyl (C=O) groups is 1. The zero-order valence-electron chi connectivity index (χ0n) is 13.5. The van der Waals surface area contributed by atoms with E-state index in [1.54, 1.807) is 0 Å². The largest absolute Gasteiger partial charge is 0.351 e. The summed E-state index contributed by atoms with van der Waals surface area (Å²) in [6, 6.07) is 0.848. The Labute approximate surface area is 123 Å². The van der Waals surface area contributed by atoms with E-state index in [1.807, 2.05) is 0 Å². The number of piperidine rings is 1. The van der Waals surface area contributed by atoms with Crippen molar-refractivity contribution in [2.75, 3.05) is 0 Å². The van der Waals surface area contributed by atoms with E-state index in [4.69, 9.17) is 0 Å². The average Bonchev–Trinajstić information content (AvgIpc) is 2.85. The van der Waals surface area contributed by atoms with Crippen LogP contribution in [0.15, 0.2) is 0 Å². The second-order valence-corrected chi connectivity index (χ2v) is 8.41. The van der Waals surface area contributed by atoms with Gasteiger partial charge in [-0.05, 0) is 62.2 Å². The maximum atomic E-state index is 12.6. The molecule has 0 aromatic rings. The Bertz CT molecular complexity index is 401. The zero-order chi connectivity index (χ0) is 14.5. The van der Waals surface area contributed by atoms with Crippen molar-refractivity contribution >= 4 is 5.91 Å². The number of fused-ring (bicyclic) bond motifs is 2. The molecule has 3 rings (SSSR count). The first-order valence-corrected chi connectivity index (χ1v) is 8.39. The van der Waals surface area contributed by atoms with Crippen LogP contribution in [0, 0.1) is 16.7 Å². The first-order chi connectivity index (χ1) is 9.33. The van der Waals surface area contributed by atoms with Gasteiger partial charge < -0.3 is 10.6 Å². The molecule has 3 aliphatic rings.